The maximum absolute atomic E-state index is 12.5. The van der Waals surface area contributed by atoms with Crippen LogP contribution in [-0.4, -0.2) is 50.7 Å². The van der Waals surface area contributed by atoms with Crippen LogP contribution in [0.1, 0.15) is 103 Å². The minimum Gasteiger partial charge on any atom is -0.494 e. The summed E-state index contributed by atoms with van der Waals surface area (Å²) in [6.07, 6.45) is 13.3. The average molecular weight is 691 g/mol. The molecule has 0 bridgehead atoms. The van der Waals surface area contributed by atoms with Crippen molar-refractivity contribution in [2.45, 2.75) is 71.6 Å². The Morgan fingerprint density at radius 2 is 0.824 bits per heavy atom. The second-order valence-corrected chi connectivity index (χ2v) is 12.2. The van der Waals surface area contributed by atoms with Crippen molar-refractivity contribution < 1.29 is 28.5 Å². The van der Waals surface area contributed by atoms with Crippen molar-refractivity contribution in [3.8, 4) is 23.0 Å². The molecule has 0 saturated carbocycles. The van der Waals surface area contributed by atoms with Gasteiger partial charge < -0.3 is 18.9 Å². The average Bonchev–Trinajstić information content (AvgIpc) is 3.16. The molecular weight excluding hydrogens is 640 g/mol. The molecule has 0 aliphatic rings. The van der Waals surface area contributed by atoms with Crippen LogP contribution in [0.5, 0.6) is 23.0 Å². The molecule has 0 spiro atoms. The highest BCUT2D eigenvalue weighted by molar-refractivity contribution is 5.92. The monoisotopic (exact) mass is 690 g/mol. The highest BCUT2D eigenvalue weighted by Gasteiger charge is 2.10. The highest BCUT2D eigenvalue weighted by Crippen LogP contribution is 2.18. The van der Waals surface area contributed by atoms with Gasteiger partial charge in [0.25, 0.3) is 0 Å². The number of carbonyl (C=O) groups excluding carboxylic acids is 2. The third-order valence-electron chi connectivity index (χ3n) is 7.95. The van der Waals surface area contributed by atoms with Crippen LogP contribution in [0.25, 0.3) is 0 Å². The van der Waals surface area contributed by atoms with Gasteiger partial charge in [0.05, 0.1) is 24.3 Å². The van der Waals surface area contributed by atoms with Crippen LogP contribution in [0.15, 0.2) is 107 Å². The van der Waals surface area contributed by atoms with Gasteiger partial charge in [0.1, 0.15) is 23.0 Å². The zero-order chi connectivity index (χ0) is 35.9. The molecule has 8 heteroatoms. The molecule has 0 radical (unpaired) electrons. The van der Waals surface area contributed by atoms with Gasteiger partial charge in [0, 0.05) is 25.5 Å². The van der Waals surface area contributed by atoms with Gasteiger partial charge in [0.15, 0.2) is 0 Å². The molecule has 0 saturated heterocycles. The van der Waals surface area contributed by atoms with E-state index in [0.717, 1.165) is 93.5 Å². The number of benzene rings is 4. The largest absolute Gasteiger partial charge is 0.494 e. The van der Waals surface area contributed by atoms with E-state index in [0.29, 0.717) is 35.8 Å². The van der Waals surface area contributed by atoms with E-state index in [1.165, 1.54) is 0 Å². The van der Waals surface area contributed by atoms with Gasteiger partial charge >= 0.3 is 11.9 Å². The van der Waals surface area contributed by atoms with E-state index < -0.39 is 11.9 Å². The third kappa shape index (κ3) is 14.6. The van der Waals surface area contributed by atoms with Gasteiger partial charge in [-0.15, -0.1) is 0 Å². The lowest BCUT2D eigenvalue weighted by Gasteiger charge is -2.07. The number of aliphatic imine (C=N–C) groups is 2. The van der Waals surface area contributed by atoms with Crippen LogP contribution < -0.4 is 18.9 Å². The lowest BCUT2D eigenvalue weighted by molar-refractivity contribution is 0.0725. The molecule has 4 rings (SSSR count). The lowest BCUT2D eigenvalue weighted by atomic mass is 10.1. The molecule has 4 aromatic carbocycles. The van der Waals surface area contributed by atoms with Crippen LogP contribution in [0, 0.1) is 0 Å². The number of hydrogen-bond donors (Lipinski definition) is 0. The van der Waals surface area contributed by atoms with Gasteiger partial charge in [-0.3, -0.25) is 9.98 Å². The minimum atomic E-state index is -0.401. The molecule has 0 unspecified atom stereocenters. The van der Waals surface area contributed by atoms with E-state index in [4.69, 9.17) is 18.9 Å². The molecule has 4 aromatic rings. The third-order valence-corrected chi connectivity index (χ3v) is 7.95. The van der Waals surface area contributed by atoms with Crippen molar-refractivity contribution in [1.82, 2.24) is 0 Å². The highest BCUT2D eigenvalue weighted by atomic mass is 16.5. The number of unbranched alkanes of at least 4 members (excludes halogenated alkanes) is 6. The molecule has 0 heterocycles. The van der Waals surface area contributed by atoms with E-state index in [-0.39, 0.29) is 0 Å². The van der Waals surface area contributed by atoms with Crippen molar-refractivity contribution in [2.75, 3.05) is 26.3 Å². The smallest absolute Gasteiger partial charge is 0.343 e. The van der Waals surface area contributed by atoms with Crippen LogP contribution in [0.4, 0.5) is 0 Å². The molecule has 0 aromatic heterocycles. The fourth-order valence-electron chi connectivity index (χ4n) is 4.90. The Hall–Kier alpha value is -5.24. The molecule has 0 aliphatic carbocycles. The maximum atomic E-state index is 12.5. The van der Waals surface area contributed by atoms with Crippen LogP contribution in [0.3, 0.4) is 0 Å². The SMILES string of the molecule is CCCCOc1ccc(C(=O)Oc2ccc(C=NCCCCCCCN=Cc3ccc(OC(=O)c4ccc(OCCCC)cc4)cc3)cc2)cc1. The normalized spacial score (nSPS) is 11.2. The Bertz CT molecular complexity index is 1520. The fourth-order valence-corrected chi connectivity index (χ4v) is 4.90. The zero-order valence-electron chi connectivity index (χ0n) is 29.9. The summed E-state index contributed by atoms with van der Waals surface area (Å²) in [6, 6.07) is 28.7. The second kappa shape index (κ2) is 22.5. The molecular formula is C43H50N2O6. The Labute approximate surface area is 302 Å². The Morgan fingerprint density at radius 3 is 1.20 bits per heavy atom. The van der Waals surface area contributed by atoms with E-state index in [1.807, 2.05) is 36.7 Å². The van der Waals surface area contributed by atoms with Gasteiger partial charge in [-0.25, -0.2) is 9.59 Å². The fraction of sp³-hybridized carbons (Fsp3) is 0.349. The number of ether oxygens (including phenoxy) is 4. The van der Waals surface area contributed by atoms with Crippen molar-refractivity contribution in [2.24, 2.45) is 9.98 Å². The number of nitrogens with zero attached hydrogens (tertiary/aromatic N) is 2. The van der Waals surface area contributed by atoms with Crippen molar-refractivity contribution >= 4 is 24.4 Å². The first kappa shape index (κ1) is 38.6. The first-order chi connectivity index (χ1) is 25.0. The zero-order valence-corrected chi connectivity index (χ0v) is 29.9. The summed E-state index contributed by atoms with van der Waals surface area (Å²) in [5.74, 6) is 1.68. The van der Waals surface area contributed by atoms with Crippen LogP contribution >= 0.6 is 0 Å². The Kier molecular flexibility index (Phi) is 17.0. The maximum Gasteiger partial charge on any atom is 0.343 e. The number of esters is 2. The van der Waals surface area contributed by atoms with Crippen molar-refractivity contribution in [1.29, 1.82) is 0 Å². The molecule has 0 aliphatic heterocycles. The topological polar surface area (TPSA) is 95.8 Å². The number of rotatable bonds is 22. The van der Waals surface area contributed by atoms with E-state index in [9.17, 15) is 9.59 Å². The van der Waals surface area contributed by atoms with Gasteiger partial charge in [-0.2, -0.15) is 0 Å². The van der Waals surface area contributed by atoms with Crippen molar-refractivity contribution in [3.05, 3.63) is 119 Å². The number of hydrogen-bond acceptors (Lipinski definition) is 8. The van der Waals surface area contributed by atoms with Gasteiger partial charge in [-0.05, 0) is 134 Å². The molecule has 0 atom stereocenters. The predicted molar refractivity (Wildman–Crippen MR) is 204 cm³/mol. The summed E-state index contributed by atoms with van der Waals surface area (Å²) in [5.41, 5.74) is 2.89. The van der Waals surface area contributed by atoms with Crippen LogP contribution in [0.2, 0.25) is 0 Å². The molecule has 268 valence electrons. The standard InChI is InChI=1S/C43H50N2O6/c1-3-5-30-48-38-24-16-36(17-25-38)42(46)50-40-20-12-34(13-21-40)32-44-28-10-8-7-9-11-29-45-33-35-14-22-41(23-15-35)51-43(47)37-18-26-39(27-19-37)49-31-6-4-2/h12-27,32-33H,3-11,28-31H2,1-2H3. The lowest BCUT2D eigenvalue weighted by Crippen LogP contribution is -2.08. The first-order valence-corrected chi connectivity index (χ1v) is 18.1. The molecule has 0 fully saturated rings. The van der Waals surface area contributed by atoms with E-state index >= 15 is 0 Å². The van der Waals surface area contributed by atoms with E-state index in [1.54, 1.807) is 72.8 Å². The first-order valence-electron chi connectivity index (χ1n) is 18.1. The minimum absolute atomic E-state index is 0.401. The Morgan fingerprint density at radius 1 is 0.471 bits per heavy atom. The number of carbonyl (C=O) groups is 2. The van der Waals surface area contributed by atoms with Gasteiger partial charge in [0.2, 0.25) is 0 Å². The summed E-state index contributed by atoms with van der Waals surface area (Å²) in [7, 11) is 0. The second-order valence-electron chi connectivity index (χ2n) is 12.2. The van der Waals surface area contributed by atoms with Crippen molar-refractivity contribution in [3.63, 3.8) is 0 Å². The molecule has 0 amide bonds. The van der Waals surface area contributed by atoms with E-state index in [2.05, 4.69) is 23.8 Å². The molecule has 0 N–H and O–H groups in total. The summed E-state index contributed by atoms with van der Waals surface area (Å²) in [5, 5.41) is 0. The predicted octanol–water partition coefficient (Wildman–Crippen LogP) is 9.97. The quantitative estimate of drug-likeness (QED) is 0.0353. The summed E-state index contributed by atoms with van der Waals surface area (Å²) in [4.78, 5) is 34.1. The summed E-state index contributed by atoms with van der Waals surface area (Å²) >= 11 is 0. The van der Waals surface area contributed by atoms with Gasteiger partial charge in [-0.1, -0.05) is 46.0 Å². The Balaban J connectivity index is 1.03. The van der Waals surface area contributed by atoms with Crippen LogP contribution in [-0.2, 0) is 0 Å². The summed E-state index contributed by atoms with van der Waals surface area (Å²) < 4.78 is 22.3. The molecule has 8 nitrogen and oxygen atoms in total. The summed E-state index contributed by atoms with van der Waals surface area (Å²) in [6.45, 7) is 7.13. The molecule has 51 heavy (non-hydrogen) atoms.